The molecule has 1 fully saturated rings. The second kappa shape index (κ2) is 6.21. The minimum absolute atomic E-state index is 0.539. The van der Waals surface area contributed by atoms with E-state index < -0.39 is 0 Å². The normalized spacial score (nSPS) is 21.1. The van der Waals surface area contributed by atoms with E-state index >= 15 is 0 Å². The first-order valence-electron chi connectivity index (χ1n) is 6.48. The highest BCUT2D eigenvalue weighted by atomic mass is 32.2. The summed E-state index contributed by atoms with van der Waals surface area (Å²) in [5.74, 6) is 1.85. The molecule has 0 bridgehead atoms. The first-order valence-corrected chi connectivity index (χ1v) is 8.34. The van der Waals surface area contributed by atoms with Crippen LogP contribution in [0.1, 0.15) is 59.9 Å². The van der Waals surface area contributed by atoms with Gasteiger partial charge in [-0.2, -0.15) is 11.8 Å². The Bertz CT molecular complexity index is 354. The zero-order valence-corrected chi connectivity index (χ0v) is 12.6. The Balaban J connectivity index is 2.19. The van der Waals surface area contributed by atoms with Gasteiger partial charge >= 0.3 is 0 Å². The van der Waals surface area contributed by atoms with Crippen LogP contribution in [-0.2, 0) is 6.54 Å². The summed E-state index contributed by atoms with van der Waals surface area (Å²) in [5, 5.41) is 5.29. The summed E-state index contributed by atoms with van der Waals surface area (Å²) in [4.78, 5) is 6.34. The van der Waals surface area contributed by atoms with Gasteiger partial charge in [-0.15, -0.1) is 11.3 Å². The molecule has 1 unspecified atom stereocenters. The number of nitrogens with one attached hydrogen (secondary N) is 1. The first-order chi connectivity index (χ1) is 8.22. The van der Waals surface area contributed by atoms with Gasteiger partial charge < -0.3 is 5.32 Å². The van der Waals surface area contributed by atoms with E-state index in [4.69, 9.17) is 4.98 Å². The van der Waals surface area contributed by atoms with Crippen molar-refractivity contribution in [2.75, 3.05) is 12.8 Å². The molecular formula is C13H22N2S2. The maximum atomic E-state index is 4.91. The van der Waals surface area contributed by atoms with E-state index in [-0.39, 0.29) is 0 Å². The number of hydrogen-bond donors (Lipinski definition) is 1. The summed E-state index contributed by atoms with van der Waals surface area (Å²) in [5.41, 5.74) is 1.31. The van der Waals surface area contributed by atoms with E-state index in [0.717, 1.165) is 6.54 Å². The molecule has 2 rings (SSSR count). The Morgan fingerprint density at radius 3 is 2.82 bits per heavy atom. The molecule has 0 saturated carbocycles. The zero-order valence-electron chi connectivity index (χ0n) is 11.0. The van der Waals surface area contributed by atoms with Crippen molar-refractivity contribution >= 4 is 23.1 Å². The fraction of sp³-hybridized carbons (Fsp3) is 0.769. The summed E-state index contributed by atoms with van der Waals surface area (Å²) >= 11 is 4.02. The molecule has 0 radical (unpaired) electrons. The lowest BCUT2D eigenvalue weighted by Gasteiger charge is -2.18. The van der Waals surface area contributed by atoms with Crippen molar-refractivity contribution in [3.05, 3.63) is 15.6 Å². The maximum absolute atomic E-state index is 4.91. The van der Waals surface area contributed by atoms with Crippen LogP contribution in [0.3, 0.4) is 0 Å². The van der Waals surface area contributed by atoms with Crippen LogP contribution in [0.25, 0.3) is 0 Å². The Labute approximate surface area is 113 Å². The lowest BCUT2D eigenvalue weighted by molar-refractivity contribution is 0.679. The number of thioether (sulfide) groups is 1. The van der Waals surface area contributed by atoms with Crippen LogP contribution in [0.5, 0.6) is 0 Å². The highest BCUT2D eigenvalue weighted by Crippen LogP contribution is 2.41. The summed E-state index contributed by atoms with van der Waals surface area (Å²) in [6.45, 7) is 5.45. The van der Waals surface area contributed by atoms with Gasteiger partial charge in [0.1, 0.15) is 5.01 Å². The SMILES string of the molecule is CNCc1sc(C2CCCCS2)nc1C(C)C. The van der Waals surface area contributed by atoms with E-state index in [9.17, 15) is 0 Å². The number of thiazole rings is 1. The van der Waals surface area contributed by atoms with Crippen LogP contribution in [-0.4, -0.2) is 17.8 Å². The zero-order chi connectivity index (χ0) is 12.3. The second-order valence-electron chi connectivity index (χ2n) is 4.90. The molecule has 0 spiro atoms. The molecule has 2 nitrogen and oxygen atoms in total. The van der Waals surface area contributed by atoms with Crippen LogP contribution < -0.4 is 5.32 Å². The molecule has 17 heavy (non-hydrogen) atoms. The van der Waals surface area contributed by atoms with Gasteiger partial charge in [-0.3, -0.25) is 0 Å². The van der Waals surface area contributed by atoms with E-state index in [1.165, 1.54) is 40.6 Å². The van der Waals surface area contributed by atoms with Gasteiger partial charge in [-0.25, -0.2) is 4.98 Å². The molecule has 0 aromatic carbocycles. The van der Waals surface area contributed by atoms with Crippen molar-refractivity contribution in [2.45, 2.75) is 50.8 Å². The van der Waals surface area contributed by atoms with Gasteiger partial charge in [0.2, 0.25) is 0 Å². The number of hydrogen-bond acceptors (Lipinski definition) is 4. The highest BCUT2D eigenvalue weighted by Gasteiger charge is 2.22. The standard InChI is InChI=1S/C13H22N2S2/c1-9(2)12-11(8-14-3)17-13(15-12)10-6-4-5-7-16-10/h9-10,14H,4-8H2,1-3H3. The number of nitrogens with zero attached hydrogens (tertiary/aromatic N) is 1. The number of aromatic nitrogens is 1. The van der Waals surface area contributed by atoms with Gasteiger partial charge in [0.15, 0.2) is 0 Å². The largest absolute Gasteiger partial charge is 0.315 e. The monoisotopic (exact) mass is 270 g/mol. The Morgan fingerprint density at radius 2 is 2.24 bits per heavy atom. The van der Waals surface area contributed by atoms with Crippen LogP contribution in [0, 0.1) is 0 Å². The molecule has 1 N–H and O–H groups in total. The third-order valence-electron chi connectivity index (χ3n) is 3.08. The predicted molar refractivity (Wildman–Crippen MR) is 78.0 cm³/mol. The number of rotatable bonds is 4. The average Bonchev–Trinajstić information content (AvgIpc) is 2.75. The smallest absolute Gasteiger partial charge is 0.106 e. The molecule has 4 heteroatoms. The van der Waals surface area contributed by atoms with Crippen LogP contribution in [0.2, 0.25) is 0 Å². The Kier molecular flexibility index (Phi) is 4.88. The van der Waals surface area contributed by atoms with Crippen molar-refractivity contribution in [1.82, 2.24) is 10.3 Å². The van der Waals surface area contributed by atoms with Crippen molar-refractivity contribution in [3.8, 4) is 0 Å². The third kappa shape index (κ3) is 3.24. The van der Waals surface area contributed by atoms with E-state index in [1.807, 2.05) is 18.4 Å². The first kappa shape index (κ1) is 13.4. The van der Waals surface area contributed by atoms with Gasteiger partial charge in [0, 0.05) is 11.4 Å². The minimum Gasteiger partial charge on any atom is -0.315 e. The van der Waals surface area contributed by atoms with Crippen molar-refractivity contribution < 1.29 is 0 Å². The lowest BCUT2D eigenvalue weighted by Crippen LogP contribution is -2.06. The molecule has 96 valence electrons. The maximum Gasteiger partial charge on any atom is 0.106 e. The summed E-state index contributed by atoms with van der Waals surface area (Å²) in [7, 11) is 2.01. The van der Waals surface area contributed by atoms with Crippen LogP contribution >= 0.6 is 23.1 Å². The topological polar surface area (TPSA) is 24.9 Å². The second-order valence-corrected chi connectivity index (χ2v) is 7.33. The van der Waals surface area contributed by atoms with Gasteiger partial charge in [0.25, 0.3) is 0 Å². The quantitative estimate of drug-likeness (QED) is 0.897. The van der Waals surface area contributed by atoms with Gasteiger partial charge in [-0.1, -0.05) is 20.3 Å². The molecule has 1 aromatic heterocycles. The molecule has 0 aliphatic carbocycles. The highest BCUT2D eigenvalue weighted by molar-refractivity contribution is 7.99. The fourth-order valence-corrected chi connectivity index (χ4v) is 4.97. The molecule has 2 heterocycles. The van der Waals surface area contributed by atoms with Crippen molar-refractivity contribution in [3.63, 3.8) is 0 Å². The lowest BCUT2D eigenvalue weighted by atomic mass is 10.1. The fourth-order valence-electron chi connectivity index (χ4n) is 2.19. The summed E-state index contributed by atoms with van der Waals surface area (Å²) in [6.07, 6.45) is 4.07. The van der Waals surface area contributed by atoms with Crippen LogP contribution in [0.15, 0.2) is 0 Å². The average molecular weight is 270 g/mol. The summed E-state index contributed by atoms with van der Waals surface area (Å²) in [6, 6.07) is 0. The molecule has 0 amide bonds. The third-order valence-corrected chi connectivity index (χ3v) is 5.80. The van der Waals surface area contributed by atoms with Gasteiger partial charge in [0.05, 0.1) is 10.9 Å². The van der Waals surface area contributed by atoms with Crippen LogP contribution in [0.4, 0.5) is 0 Å². The molecule has 1 saturated heterocycles. The minimum atomic E-state index is 0.539. The van der Waals surface area contributed by atoms with Crippen molar-refractivity contribution in [2.24, 2.45) is 0 Å². The molecule has 1 atom stereocenters. The Hall–Kier alpha value is -0.0600. The van der Waals surface area contributed by atoms with Crippen molar-refractivity contribution in [1.29, 1.82) is 0 Å². The van der Waals surface area contributed by atoms with Gasteiger partial charge in [-0.05, 0) is 31.6 Å². The summed E-state index contributed by atoms with van der Waals surface area (Å²) < 4.78 is 0. The Morgan fingerprint density at radius 1 is 1.41 bits per heavy atom. The molecule has 1 aromatic rings. The van der Waals surface area contributed by atoms with E-state index in [1.54, 1.807) is 0 Å². The predicted octanol–water partition coefficient (Wildman–Crippen LogP) is 3.94. The van der Waals surface area contributed by atoms with E-state index in [2.05, 4.69) is 30.9 Å². The molecular weight excluding hydrogens is 248 g/mol. The van der Waals surface area contributed by atoms with E-state index in [0.29, 0.717) is 11.2 Å². The molecule has 1 aliphatic heterocycles. The molecule has 1 aliphatic rings.